The summed E-state index contributed by atoms with van der Waals surface area (Å²) in [6, 6.07) is 38.5. The Bertz CT molecular complexity index is 2150. The summed E-state index contributed by atoms with van der Waals surface area (Å²) in [5, 5.41) is 8.41. The predicted molar refractivity (Wildman–Crippen MR) is 199 cm³/mol. The molecule has 0 radical (unpaired) electrons. The zero-order valence-electron chi connectivity index (χ0n) is 27.4. The molecule has 1 heterocycles. The van der Waals surface area contributed by atoms with Crippen LogP contribution in [0.2, 0.25) is 5.02 Å². The lowest BCUT2D eigenvalue weighted by molar-refractivity contribution is -0.117. The van der Waals surface area contributed by atoms with E-state index in [2.05, 4.69) is 90.8 Å². The number of nitrogens with zero attached hydrogens (tertiary/aromatic N) is 1. The van der Waals surface area contributed by atoms with Crippen LogP contribution in [0.3, 0.4) is 0 Å². The van der Waals surface area contributed by atoms with Gasteiger partial charge in [-0.2, -0.15) is 0 Å². The summed E-state index contributed by atoms with van der Waals surface area (Å²) in [6.45, 7) is 5.98. The highest BCUT2D eigenvalue weighted by Crippen LogP contribution is 2.42. The lowest BCUT2D eigenvalue weighted by atomic mass is 9.87. The van der Waals surface area contributed by atoms with E-state index in [4.69, 9.17) is 11.6 Å². The summed E-state index contributed by atoms with van der Waals surface area (Å²) in [4.78, 5) is 29.3. The van der Waals surface area contributed by atoms with Crippen LogP contribution in [-0.2, 0) is 24.3 Å². The maximum Gasteiger partial charge on any atom is 0.238 e. The van der Waals surface area contributed by atoms with Crippen LogP contribution in [0, 0.1) is 5.92 Å². The molecule has 6 aromatic rings. The second-order valence-corrected chi connectivity index (χ2v) is 13.8. The van der Waals surface area contributed by atoms with Crippen LogP contribution >= 0.6 is 11.6 Å². The summed E-state index contributed by atoms with van der Waals surface area (Å²) < 4.78 is 0. The fourth-order valence-electron chi connectivity index (χ4n) is 7.05. The second kappa shape index (κ2) is 13.8. The topological polar surface area (TPSA) is 49.4 Å². The lowest BCUT2D eigenvalue weighted by Gasteiger charge is -2.21. The zero-order valence-corrected chi connectivity index (χ0v) is 28.2. The Morgan fingerprint density at radius 2 is 1.42 bits per heavy atom. The van der Waals surface area contributed by atoms with Crippen molar-refractivity contribution >= 4 is 50.5 Å². The normalized spacial score (nSPS) is 12.9. The van der Waals surface area contributed by atoms with Gasteiger partial charge in [-0.3, -0.25) is 14.5 Å². The minimum Gasteiger partial charge on any atom is -0.324 e. The molecule has 1 aliphatic rings. The van der Waals surface area contributed by atoms with Gasteiger partial charge in [0, 0.05) is 29.2 Å². The van der Waals surface area contributed by atoms with E-state index in [1.165, 1.54) is 62.2 Å². The molecule has 0 bridgehead atoms. The Kier molecular flexibility index (Phi) is 9.12. The van der Waals surface area contributed by atoms with E-state index in [1.54, 1.807) is 30.3 Å². The molecule has 240 valence electrons. The molecule has 0 aliphatic carbocycles. The number of rotatable bonds is 9. The number of hydrogen-bond acceptors (Lipinski definition) is 3. The van der Waals surface area contributed by atoms with Gasteiger partial charge in [0.05, 0.1) is 12.2 Å². The van der Waals surface area contributed by atoms with Gasteiger partial charge in [0.15, 0.2) is 5.78 Å². The number of ketones is 1. The number of anilines is 1. The fraction of sp³-hybridized carbons (Fsp3) is 0.209. The summed E-state index contributed by atoms with van der Waals surface area (Å²) >= 11 is 6.31. The Hall–Kier alpha value is -4.77. The van der Waals surface area contributed by atoms with Crippen LogP contribution < -0.4 is 5.32 Å². The molecule has 1 N–H and O–H groups in total. The van der Waals surface area contributed by atoms with Gasteiger partial charge >= 0.3 is 0 Å². The quantitative estimate of drug-likeness (QED) is 0.158. The summed E-state index contributed by atoms with van der Waals surface area (Å²) in [6.07, 6.45) is 3.45. The Labute approximate surface area is 287 Å². The monoisotopic (exact) mass is 650 g/mol. The van der Waals surface area contributed by atoms with Gasteiger partial charge in [-0.1, -0.05) is 129 Å². The van der Waals surface area contributed by atoms with Crippen molar-refractivity contribution in [3.63, 3.8) is 0 Å². The molecule has 6 aromatic carbocycles. The number of halogens is 1. The van der Waals surface area contributed by atoms with E-state index >= 15 is 0 Å². The highest BCUT2D eigenvalue weighted by Gasteiger charge is 2.25. The average Bonchev–Trinajstić information content (AvgIpc) is 3.25. The van der Waals surface area contributed by atoms with Gasteiger partial charge in [0.25, 0.3) is 0 Å². The molecule has 5 heteroatoms. The number of carbonyl (C=O) groups is 2. The van der Waals surface area contributed by atoms with E-state index in [1.807, 2.05) is 18.2 Å². The molecule has 0 unspecified atom stereocenters. The van der Waals surface area contributed by atoms with E-state index in [9.17, 15) is 9.59 Å². The number of hydrogen-bond donors (Lipinski definition) is 1. The SMILES string of the molecule is CC(C)CCCc1ccc2ccc3c(c2c1)-c1c(ccc2ccccc12)CN(CC(=O)Nc1ccc(Cl)cc1C(=O)c1ccccc1)C3. The van der Waals surface area contributed by atoms with Crippen LogP contribution in [0.1, 0.15) is 59.3 Å². The van der Waals surface area contributed by atoms with Crippen molar-refractivity contribution < 1.29 is 9.59 Å². The molecular formula is C43H39ClN2O2. The second-order valence-electron chi connectivity index (χ2n) is 13.3. The maximum atomic E-state index is 13.7. The summed E-state index contributed by atoms with van der Waals surface area (Å²) in [5.74, 6) is 0.325. The molecule has 1 amide bonds. The van der Waals surface area contributed by atoms with Crippen molar-refractivity contribution in [2.45, 2.75) is 46.2 Å². The van der Waals surface area contributed by atoms with Crippen LogP contribution in [0.15, 0.2) is 115 Å². The van der Waals surface area contributed by atoms with Crippen LogP contribution in [0.4, 0.5) is 5.69 Å². The Morgan fingerprint density at radius 3 is 2.17 bits per heavy atom. The largest absolute Gasteiger partial charge is 0.324 e. The first-order valence-corrected chi connectivity index (χ1v) is 17.2. The van der Waals surface area contributed by atoms with Crippen molar-refractivity contribution in [1.29, 1.82) is 0 Å². The third-order valence-electron chi connectivity index (χ3n) is 9.38. The van der Waals surface area contributed by atoms with Gasteiger partial charge in [-0.25, -0.2) is 0 Å². The van der Waals surface area contributed by atoms with Crippen molar-refractivity contribution in [3.8, 4) is 11.1 Å². The fourth-order valence-corrected chi connectivity index (χ4v) is 7.23. The van der Waals surface area contributed by atoms with Crippen LogP contribution in [0.25, 0.3) is 32.7 Å². The molecule has 0 aromatic heterocycles. The predicted octanol–water partition coefficient (Wildman–Crippen LogP) is 10.5. The molecule has 7 rings (SSSR count). The molecule has 1 aliphatic heterocycles. The molecular weight excluding hydrogens is 612 g/mol. The highest BCUT2D eigenvalue weighted by molar-refractivity contribution is 6.31. The first-order valence-electron chi connectivity index (χ1n) is 16.8. The van der Waals surface area contributed by atoms with E-state index in [0.29, 0.717) is 40.8 Å². The first kappa shape index (κ1) is 31.8. The summed E-state index contributed by atoms with van der Waals surface area (Å²) in [5.41, 5.74) is 7.65. The maximum absolute atomic E-state index is 13.7. The molecule has 0 atom stereocenters. The van der Waals surface area contributed by atoms with Crippen molar-refractivity contribution in [1.82, 2.24) is 4.90 Å². The number of fused-ring (bicyclic) bond motifs is 7. The number of benzene rings is 6. The number of nitrogens with one attached hydrogen (secondary N) is 1. The third kappa shape index (κ3) is 6.64. The number of amides is 1. The molecule has 48 heavy (non-hydrogen) atoms. The van der Waals surface area contributed by atoms with E-state index in [-0.39, 0.29) is 18.2 Å². The van der Waals surface area contributed by atoms with E-state index < -0.39 is 0 Å². The smallest absolute Gasteiger partial charge is 0.238 e. The molecule has 4 nitrogen and oxygen atoms in total. The minimum absolute atomic E-state index is 0.167. The van der Waals surface area contributed by atoms with Gasteiger partial charge in [0.2, 0.25) is 5.91 Å². The first-order chi connectivity index (χ1) is 23.3. The lowest BCUT2D eigenvalue weighted by Crippen LogP contribution is -2.32. The highest BCUT2D eigenvalue weighted by atomic mass is 35.5. The zero-order chi connectivity index (χ0) is 33.2. The molecule has 0 fully saturated rings. The van der Waals surface area contributed by atoms with Gasteiger partial charge < -0.3 is 5.32 Å². The average molecular weight is 651 g/mol. The minimum atomic E-state index is -0.187. The molecule has 0 saturated carbocycles. The Morgan fingerprint density at radius 1 is 0.750 bits per heavy atom. The summed E-state index contributed by atoms with van der Waals surface area (Å²) in [7, 11) is 0. The molecule has 0 spiro atoms. The van der Waals surface area contributed by atoms with Gasteiger partial charge in [-0.05, 0) is 86.3 Å². The number of carbonyl (C=O) groups excluding carboxylic acids is 2. The van der Waals surface area contributed by atoms with E-state index in [0.717, 1.165) is 6.42 Å². The van der Waals surface area contributed by atoms with Gasteiger partial charge in [0.1, 0.15) is 0 Å². The number of aryl methyl sites for hydroxylation is 1. The van der Waals surface area contributed by atoms with Crippen molar-refractivity contribution in [2.24, 2.45) is 5.92 Å². The van der Waals surface area contributed by atoms with Crippen molar-refractivity contribution in [3.05, 3.63) is 148 Å². The van der Waals surface area contributed by atoms with Crippen LogP contribution in [-0.4, -0.2) is 23.1 Å². The third-order valence-corrected chi connectivity index (χ3v) is 9.61. The van der Waals surface area contributed by atoms with Crippen LogP contribution in [0.5, 0.6) is 0 Å². The van der Waals surface area contributed by atoms with Crippen molar-refractivity contribution in [2.75, 3.05) is 11.9 Å². The van der Waals surface area contributed by atoms with Gasteiger partial charge in [-0.15, -0.1) is 0 Å². The Balaban J connectivity index is 1.24. The standard InChI is InChI=1S/C43H39ClN2O2/c1-28(2)9-8-10-29-15-16-31-18-20-34-26-46(25-33-19-17-30-11-6-7-14-36(30)41(33)42(34)37(31)23-29)27-40(47)45-39-22-21-35(44)24-38(39)43(48)32-12-4-3-5-13-32/h3-7,11-24,28H,8-10,25-27H2,1-2H3,(H,45,47). The molecule has 0 saturated heterocycles.